The van der Waals surface area contributed by atoms with E-state index in [1.807, 2.05) is 6.92 Å². The molecule has 4 heteroatoms. The van der Waals surface area contributed by atoms with Gasteiger partial charge >= 0.3 is 0 Å². The molecule has 1 aromatic carbocycles. The van der Waals surface area contributed by atoms with Crippen molar-refractivity contribution in [3.05, 3.63) is 30.1 Å². The van der Waals surface area contributed by atoms with Crippen LogP contribution in [0.5, 0.6) is 5.75 Å². The molecule has 0 heterocycles. The number of hydrogen-bond donors (Lipinski definition) is 1. The minimum absolute atomic E-state index is 0.0887. The van der Waals surface area contributed by atoms with Crippen molar-refractivity contribution < 1.29 is 13.9 Å². The number of nitrogens with two attached hydrogens (primary N) is 1. The van der Waals surface area contributed by atoms with Gasteiger partial charge in [-0.15, -0.1) is 0 Å². The third kappa shape index (κ3) is 5.09. The molecule has 0 fully saturated rings. The molecule has 0 bridgehead atoms. The van der Waals surface area contributed by atoms with E-state index in [1.54, 1.807) is 12.1 Å². The Bertz CT molecular complexity index is 290. The molecule has 2 N–H and O–H groups in total. The zero-order valence-corrected chi connectivity index (χ0v) is 9.49. The Hall–Kier alpha value is -1.13. The Morgan fingerprint density at radius 1 is 1.25 bits per heavy atom. The molecule has 0 aromatic heterocycles. The van der Waals surface area contributed by atoms with E-state index in [-0.39, 0.29) is 11.9 Å². The molecule has 0 aliphatic heterocycles. The molecule has 0 radical (unpaired) electrons. The Labute approximate surface area is 95.4 Å². The predicted molar refractivity (Wildman–Crippen MR) is 61.0 cm³/mol. The lowest BCUT2D eigenvalue weighted by Crippen LogP contribution is -2.26. The van der Waals surface area contributed by atoms with Gasteiger partial charge < -0.3 is 15.2 Å². The maximum absolute atomic E-state index is 12.6. The highest BCUT2D eigenvalue weighted by Gasteiger charge is 1.99. The summed E-state index contributed by atoms with van der Waals surface area (Å²) in [5.74, 6) is 0.377. The highest BCUT2D eigenvalue weighted by molar-refractivity contribution is 5.21. The maximum atomic E-state index is 12.6. The molecule has 1 rings (SSSR count). The monoisotopic (exact) mass is 227 g/mol. The van der Waals surface area contributed by atoms with Crippen molar-refractivity contribution in [2.24, 2.45) is 5.73 Å². The van der Waals surface area contributed by atoms with Gasteiger partial charge in [0.2, 0.25) is 0 Å². The topological polar surface area (TPSA) is 44.5 Å². The number of rotatable bonds is 7. The first-order valence-corrected chi connectivity index (χ1v) is 5.44. The van der Waals surface area contributed by atoms with Gasteiger partial charge in [-0.2, -0.15) is 0 Å². The summed E-state index contributed by atoms with van der Waals surface area (Å²) in [6.07, 6.45) is 0.902. The quantitative estimate of drug-likeness (QED) is 0.724. The summed E-state index contributed by atoms with van der Waals surface area (Å²) >= 11 is 0. The summed E-state index contributed by atoms with van der Waals surface area (Å²) < 4.78 is 23.2. The zero-order valence-electron chi connectivity index (χ0n) is 9.49. The second kappa shape index (κ2) is 7.19. The lowest BCUT2D eigenvalue weighted by atomic mass is 10.3. The summed E-state index contributed by atoms with van der Waals surface area (Å²) in [7, 11) is 0. The van der Waals surface area contributed by atoms with Gasteiger partial charge in [-0.25, -0.2) is 4.39 Å². The molecule has 3 nitrogen and oxygen atoms in total. The molecule has 0 amide bonds. The molecule has 1 unspecified atom stereocenters. The van der Waals surface area contributed by atoms with Crippen LogP contribution >= 0.6 is 0 Å². The van der Waals surface area contributed by atoms with Gasteiger partial charge in [0, 0.05) is 6.04 Å². The fourth-order valence-electron chi connectivity index (χ4n) is 1.10. The van der Waals surface area contributed by atoms with Crippen molar-refractivity contribution in [1.82, 2.24) is 0 Å². The normalized spacial score (nSPS) is 12.4. The second-order valence-electron chi connectivity index (χ2n) is 3.55. The van der Waals surface area contributed by atoms with E-state index in [0.29, 0.717) is 25.6 Å². The summed E-state index contributed by atoms with van der Waals surface area (Å²) in [5.41, 5.74) is 5.68. The third-order valence-electron chi connectivity index (χ3n) is 2.17. The largest absolute Gasteiger partial charge is 0.491 e. The highest BCUT2D eigenvalue weighted by Crippen LogP contribution is 2.10. The molecule has 0 aliphatic rings. The van der Waals surface area contributed by atoms with Crippen LogP contribution in [0.3, 0.4) is 0 Å². The Morgan fingerprint density at radius 3 is 2.56 bits per heavy atom. The molecule has 1 atom stereocenters. The van der Waals surface area contributed by atoms with Gasteiger partial charge in [0.25, 0.3) is 0 Å². The predicted octanol–water partition coefficient (Wildman–Crippen LogP) is 1.96. The Kier molecular flexibility index (Phi) is 5.82. The summed E-state index contributed by atoms with van der Waals surface area (Å²) in [4.78, 5) is 0. The van der Waals surface area contributed by atoms with Crippen molar-refractivity contribution in [1.29, 1.82) is 0 Å². The van der Waals surface area contributed by atoms with Crippen LogP contribution in [0, 0.1) is 5.82 Å². The fourth-order valence-corrected chi connectivity index (χ4v) is 1.10. The van der Waals surface area contributed by atoms with E-state index < -0.39 is 0 Å². The lowest BCUT2D eigenvalue weighted by molar-refractivity contribution is 0.0897. The number of halogens is 1. The molecular weight excluding hydrogens is 209 g/mol. The number of hydrogen-bond acceptors (Lipinski definition) is 3. The van der Waals surface area contributed by atoms with Crippen molar-refractivity contribution in [3.8, 4) is 5.75 Å². The van der Waals surface area contributed by atoms with E-state index in [4.69, 9.17) is 15.2 Å². The van der Waals surface area contributed by atoms with Crippen molar-refractivity contribution in [2.45, 2.75) is 19.4 Å². The lowest BCUT2D eigenvalue weighted by Gasteiger charge is -2.10. The fraction of sp³-hybridized carbons (Fsp3) is 0.500. The van der Waals surface area contributed by atoms with E-state index in [9.17, 15) is 4.39 Å². The molecule has 16 heavy (non-hydrogen) atoms. The smallest absolute Gasteiger partial charge is 0.123 e. The molecule has 0 saturated carbocycles. The van der Waals surface area contributed by atoms with Gasteiger partial charge in [-0.05, 0) is 30.7 Å². The molecule has 0 saturated heterocycles. The van der Waals surface area contributed by atoms with Crippen LogP contribution in [0.4, 0.5) is 4.39 Å². The standard InChI is InChI=1S/C12H18FNO2/c1-2-11(14)9-15-7-8-16-12-5-3-10(13)4-6-12/h3-6,11H,2,7-9,14H2,1H3. The second-order valence-corrected chi connectivity index (χ2v) is 3.55. The van der Waals surface area contributed by atoms with Crippen LogP contribution in [0.2, 0.25) is 0 Å². The van der Waals surface area contributed by atoms with Gasteiger partial charge in [0.15, 0.2) is 0 Å². The molecule has 0 aliphatic carbocycles. The first kappa shape index (κ1) is 12.9. The van der Waals surface area contributed by atoms with Crippen LogP contribution in [0.15, 0.2) is 24.3 Å². The van der Waals surface area contributed by atoms with Gasteiger partial charge in [0.05, 0.1) is 13.2 Å². The van der Waals surface area contributed by atoms with E-state index in [1.165, 1.54) is 12.1 Å². The molecule has 90 valence electrons. The van der Waals surface area contributed by atoms with Crippen molar-refractivity contribution >= 4 is 0 Å². The number of benzene rings is 1. The molecular formula is C12H18FNO2. The minimum atomic E-state index is -0.266. The Morgan fingerprint density at radius 2 is 1.94 bits per heavy atom. The van der Waals surface area contributed by atoms with Crippen molar-refractivity contribution in [3.63, 3.8) is 0 Å². The summed E-state index contributed by atoms with van der Waals surface area (Å²) in [6, 6.07) is 6.00. The zero-order chi connectivity index (χ0) is 11.8. The summed E-state index contributed by atoms with van der Waals surface area (Å²) in [5, 5.41) is 0. The first-order valence-electron chi connectivity index (χ1n) is 5.44. The molecule has 0 spiro atoms. The third-order valence-corrected chi connectivity index (χ3v) is 2.17. The Balaban J connectivity index is 2.09. The maximum Gasteiger partial charge on any atom is 0.123 e. The van der Waals surface area contributed by atoms with Crippen molar-refractivity contribution in [2.75, 3.05) is 19.8 Å². The summed E-state index contributed by atoms with van der Waals surface area (Å²) in [6.45, 7) is 3.50. The highest BCUT2D eigenvalue weighted by atomic mass is 19.1. The van der Waals surface area contributed by atoms with Gasteiger partial charge in [-0.1, -0.05) is 6.92 Å². The van der Waals surface area contributed by atoms with Crippen LogP contribution in [-0.2, 0) is 4.74 Å². The average molecular weight is 227 g/mol. The van der Waals surface area contributed by atoms with Gasteiger partial charge in [0.1, 0.15) is 18.2 Å². The van der Waals surface area contributed by atoms with E-state index in [2.05, 4.69) is 0 Å². The minimum Gasteiger partial charge on any atom is -0.491 e. The van der Waals surface area contributed by atoms with Crippen LogP contribution in [-0.4, -0.2) is 25.9 Å². The number of ether oxygens (including phenoxy) is 2. The first-order chi connectivity index (χ1) is 7.72. The van der Waals surface area contributed by atoms with Crippen LogP contribution in [0.25, 0.3) is 0 Å². The van der Waals surface area contributed by atoms with Crippen LogP contribution in [0.1, 0.15) is 13.3 Å². The SMILES string of the molecule is CCC(N)COCCOc1ccc(F)cc1. The van der Waals surface area contributed by atoms with E-state index >= 15 is 0 Å². The van der Waals surface area contributed by atoms with Gasteiger partial charge in [-0.3, -0.25) is 0 Å². The van der Waals surface area contributed by atoms with Crippen LogP contribution < -0.4 is 10.5 Å². The van der Waals surface area contributed by atoms with E-state index in [0.717, 1.165) is 6.42 Å². The molecule has 1 aromatic rings. The average Bonchev–Trinajstić information content (AvgIpc) is 2.31.